The lowest BCUT2D eigenvalue weighted by Gasteiger charge is -2.31. The Hall–Kier alpha value is -2.67. The Morgan fingerprint density at radius 3 is 2.76 bits per heavy atom. The highest BCUT2D eigenvalue weighted by atomic mass is 35.5. The zero-order valence-electron chi connectivity index (χ0n) is 13.0. The third-order valence-electron chi connectivity index (χ3n) is 4.73. The minimum atomic E-state index is -0.662. The molecule has 1 aromatic rings. The largest absolute Gasteiger partial charge is 0.456 e. The van der Waals surface area contributed by atoms with Crippen LogP contribution in [0, 0.1) is 10.1 Å². The number of rotatable bonds is 2. The predicted molar refractivity (Wildman–Crippen MR) is 87.9 cm³/mol. The quantitative estimate of drug-likeness (QED) is 0.494. The highest BCUT2D eigenvalue weighted by molar-refractivity contribution is 6.32. The van der Waals surface area contributed by atoms with Crippen molar-refractivity contribution in [2.75, 3.05) is 6.61 Å². The van der Waals surface area contributed by atoms with Crippen LogP contribution >= 0.6 is 11.6 Å². The SMILES string of the molecule is O=C1CCCC2=C1[C@@H](c1ccc(Cl)c([N+](=O)[O-])c1)C1=C(COC1=O)N2. The summed E-state index contributed by atoms with van der Waals surface area (Å²) >= 11 is 5.90. The molecule has 0 saturated carbocycles. The van der Waals surface area contributed by atoms with Crippen LogP contribution in [0.4, 0.5) is 5.69 Å². The van der Waals surface area contributed by atoms with Gasteiger partial charge in [0.25, 0.3) is 5.69 Å². The van der Waals surface area contributed by atoms with E-state index in [-0.39, 0.29) is 23.1 Å². The van der Waals surface area contributed by atoms with E-state index in [9.17, 15) is 19.7 Å². The zero-order chi connectivity index (χ0) is 17.7. The summed E-state index contributed by atoms with van der Waals surface area (Å²) in [5, 5.41) is 14.4. The van der Waals surface area contributed by atoms with Crippen molar-refractivity contribution in [3.05, 3.63) is 61.4 Å². The van der Waals surface area contributed by atoms with Gasteiger partial charge in [-0.1, -0.05) is 17.7 Å². The molecule has 2 heterocycles. The maximum absolute atomic E-state index is 12.6. The summed E-state index contributed by atoms with van der Waals surface area (Å²) in [4.78, 5) is 35.5. The Kier molecular flexibility index (Phi) is 3.61. The maximum Gasteiger partial charge on any atom is 0.337 e. The molecule has 8 heteroatoms. The lowest BCUT2D eigenvalue weighted by atomic mass is 9.75. The van der Waals surface area contributed by atoms with E-state index in [4.69, 9.17) is 16.3 Å². The third kappa shape index (κ3) is 2.42. The molecule has 1 atom stereocenters. The van der Waals surface area contributed by atoms with Crippen LogP contribution in [-0.4, -0.2) is 23.3 Å². The molecule has 2 aliphatic heterocycles. The second-order valence-electron chi connectivity index (χ2n) is 6.16. The number of hydrogen-bond donors (Lipinski definition) is 1. The summed E-state index contributed by atoms with van der Waals surface area (Å²) in [5.74, 6) is -1.22. The van der Waals surface area contributed by atoms with Gasteiger partial charge in [-0.25, -0.2) is 4.79 Å². The van der Waals surface area contributed by atoms with Crippen molar-refractivity contribution in [1.29, 1.82) is 0 Å². The van der Waals surface area contributed by atoms with Crippen LogP contribution < -0.4 is 5.32 Å². The van der Waals surface area contributed by atoms with Crippen molar-refractivity contribution in [3.8, 4) is 0 Å². The van der Waals surface area contributed by atoms with Crippen LogP contribution in [0.3, 0.4) is 0 Å². The second kappa shape index (κ2) is 5.70. The number of nitro benzene ring substituents is 1. The molecule has 25 heavy (non-hydrogen) atoms. The number of benzene rings is 1. The van der Waals surface area contributed by atoms with E-state index < -0.39 is 16.8 Å². The first kappa shape index (κ1) is 15.8. The van der Waals surface area contributed by atoms with E-state index in [2.05, 4.69) is 5.32 Å². The average Bonchev–Trinajstić information content (AvgIpc) is 2.94. The van der Waals surface area contributed by atoms with Crippen molar-refractivity contribution < 1.29 is 19.2 Å². The fourth-order valence-corrected chi connectivity index (χ4v) is 3.84. The van der Waals surface area contributed by atoms with E-state index in [0.29, 0.717) is 35.2 Å². The topological polar surface area (TPSA) is 98.5 Å². The fourth-order valence-electron chi connectivity index (χ4n) is 3.65. The number of ether oxygens (including phenoxy) is 1. The minimum absolute atomic E-state index is 0.00931. The number of carbonyl (C=O) groups excluding carboxylic acids is 2. The minimum Gasteiger partial charge on any atom is -0.456 e. The molecule has 0 fully saturated rings. The van der Waals surface area contributed by atoms with Crippen molar-refractivity contribution in [2.45, 2.75) is 25.2 Å². The summed E-state index contributed by atoms with van der Waals surface area (Å²) in [6.07, 6.45) is 1.82. The van der Waals surface area contributed by atoms with E-state index >= 15 is 0 Å². The van der Waals surface area contributed by atoms with Gasteiger partial charge in [0.15, 0.2) is 5.78 Å². The van der Waals surface area contributed by atoms with Gasteiger partial charge >= 0.3 is 5.97 Å². The number of carbonyl (C=O) groups is 2. The number of dihydropyridines is 1. The Morgan fingerprint density at radius 1 is 1.20 bits per heavy atom. The lowest BCUT2D eigenvalue weighted by molar-refractivity contribution is -0.384. The van der Waals surface area contributed by atoms with E-state index in [1.165, 1.54) is 12.1 Å². The van der Waals surface area contributed by atoms with Crippen molar-refractivity contribution >= 4 is 29.0 Å². The Labute approximate surface area is 147 Å². The van der Waals surface area contributed by atoms with Gasteiger partial charge in [0.1, 0.15) is 11.6 Å². The molecular formula is C17H13ClN2O5. The maximum atomic E-state index is 12.6. The number of ketones is 1. The predicted octanol–water partition coefficient (Wildman–Crippen LogP) is 2.75. The third-order valence-corrected chi connectivity index (χ3v) is 5.05. The number of halogens is 1. The molecule has 0 unspecified atom stereocenters. The monoisotopic (exact) mass is 360 g/mol. The number of hydrogen-bond acceptors (Lipinski definition) is 6. The summed E-state index contributed by atoms with van der Waals surface area (Å²) < 4.78 is 5.12. The molecule has 128 valence electrons. The molecule has 3 aliphatic rings. The van der Waals surface area contributed by atoms with Crippen molar-refractivity contribution in [2.24, 2.45) is 0 Å². The van der Waals surface area contributed by atoms with Crippen LogP contribution in [0.5, 0.6) is 0 Å². The van der Waals surface area contributed by atoms with Gasteiger partial charge in [0.2, 0.25) is 0 Å². The number of cyclic esters (lactones) is 1. The normalized spacial score (nSPS) is 22.4. The smallest absolute Gasteiger partial charge is 0.337 e. The first-order valence-corrected chi connectivity index (χ1v) is 8.22. The molecular weight excluding hydrogens is 348 g/mol. The van der Waals surface area contributed by atoms with Crippen LogP contribution in [0.2, 0.25) is 5.02 Å². The van der Waals surface area contributed by atoms with E-state index in [1.807, 2.05) is 0 Å². The van der Waals surface area contributed by atoms with E-state index in [0.717, 1.165) is 12.1 Å². The molecule has 0 radical (unpaired) electrons. The lowest BCUT2D eigenvalue weighted by Crippen LogP contribution is -2.32. The number of Topliss-reactive ketones (excluding diaryl/α,β-unsaturated/α-hetero) is 1. The van der Waals surface area contributed by atoms with Gasteiger partial charge in [-0.2, -0.15) is 0 Å². The molecule has 1 aliphatic carbocycles. The molecule has 0 aromatic heterocycles. The van der Waals surface area contributed by atoms with Crippen LogP contribution in [0.15, 0.2) is 40.7 Å². The van der Waals surface area contributed by atoms with E-state index in [1.54, 1.807) is 6.07 Å². The van der Waals surface area contributed by atoms with Gasteiger partial charge in [-0.05, 0) is 24.5 Å². The highest BCUT2D eigenvalue weighted by Gasteiger charge is 2.43. The Morgan fingerprint density at radius 2 is 2.00 bits per heavy atom. The molecule has 7 nitrogen and oxygen atoms in total. The fraction of sp³-hybridized carbons (Fsp3) is 0.294. The molecule has 1 N–H and O–H groups in total. The van der Waals surface area contributed by atoms with Gasteiger partial charge < -0.3 is 10.1 Å². The van der Waals surface area contributed by atoms with Gasteiger partial charge in [0.05, 0.1) is 16.2 Å². The number of nitrogens with one attached hydrogen (secondary N) is 1. The van der Waals surface area contributed by atoms with Gasteiger partial charge in [-0.15, -0.1) is 0 Å². The molecule has 4 rings (SSSR count). The van der Waals surface area contributed by atoms with Crippen LogP contribution in [0.25, 0.3) is 0 Å². The van der Waals surface area contributed by atoms with Gasteiger partial charge in [-0.3, -0.25) is 14.9 Å². The standard InChI is InChI=1S/C17H13ClN2O5/c18-9-5-4-8(6-12(9)20(23)24)14-15-10(2-1-3-13(15)21)19-11-7-25-17(22)16(11)14/h4-6,14,19H,1-3,7H2/t14-/m1/s1. The summed E-state index contributed by atoms with van der Waals surface area (Å²) in [5.41, 5.74) is 2.49. The number of nitrogens with zero attached hydrogens (tertiary/aromatic N) is 1. The molecule has 0 saturated heterocycles. The van der Waals surface area contributed by atoms with Crippen LogP contribution in [0.1, 0.15) is 30.7 Å². The number of esters is 1. The van der Waals surface area contributed by atoms with Crippen molar-refractivity contribution in [1.82, 2.24) is 5.32 Å². The molecule has 1 aromatic carbocycles. The summed E-state index contributed by atoms with van der Waals surface area (Å²) in [7, 11) is 0. The summed E-state index contributed by atoms with van der Waals surface area (Å²) in [6.45, 7) is 0.116. The second-order valence-corrected chi connectivity index (χ2v) is 6.57. The first-order valence-electron chi connectivity index (χ1n) is 7.84. The number of allylic oxidation sites excluding steroid dienone is 2. The first-order chi connectivity index (χ1) is 12.0. The zero-order valence-corrected chi connectivity index (χ0v) is 13.8. The molecule has 0 spiro atoms. The number of nitro groups is 1. The average molecular weight is 361 g/mol. The van der Waals surface area contributed by atoms with Crippen LogP contribution in [-0.2, 0) is 14.3 Å². The Balaban J connectivity index is 1.92. The van der Waals surface area contributed by atoms with Crippen molar-refractivity contribution in [3.63, 3.8) is 0 Å². The molecule has 0 amide bonds. The molecule has 0 bridgehead atoms. The van der Waals surface area contributed by atoms with Gasteiger partial charge in [0, 0.05) is 29.7 Å². The Bertz CT molecular complexity index is 902. The summed E-state index contributed by atoms with van der Waals surface area (Å²) in [6, 6.07) is 4.38. The highest BCUT2D eigenvalue weighted by Crippen LogP contribution is 2.45.